The molecule has 0 atom stereocenters. The average molecular weight is 260 g/mol. The SMILES string of the molecule is CC(C)CN(Cc1cccc(C#N)c1)C(=O)C(=O)O. The summed E-state index contributed by atoms with van der Waals surface area (Å²) >= 11 is 0. The van der Waals surface area contributed by atoms with Gasteiger partial charge in [0.05, 0.1) is 11.6 Å². The number of carbonyl (C=O) groups is 2. The Hall–Kier alpha value is -2.35. The zero-order chi connectivity index (χ0) is 14.4. The first kappa shape index (κ1) is 14.7. The normalized spacial score (nSPS) is 10.0. The molecular weight excluding hydrogens is 244 g/mol. The van der Waals surface area contributed by atoms with E-state index < -0.39 is 11.9 Å². The quantitative estimate of drug-likeness (QED) is 0.834. The molecule has 1 N–H and O–H groups in total. The maximum Gasteiger partial charge on any atom is 0.394 e. The molecule has 1 rings (SSSR count). The van der Waals surface area contributed by atoms with Crippen molar-refractivity contribution in [1.82, 2.24) is 4.90 Å². The second-order valence-electron chi connectivity index (χ2n) is 4.70. The van der Waals surface area contributed by atoms with Crippen LogP contribution in [-0.2, 0) is 16.1 Å². The Morgan fingerprint density at radius 1 is 1.42 bits per heavy atom. The fourth-order valence-electron chi connectivity index (χ4n) is 1.75. The molecule has 0 unspecified atom stereocenters. The van der Waals surface area contributed by atoms with Gasteiger partial charge in [-0.25, -0.2) is 4.79 Å². The Labute approximate surface area is 112 Å². The first-order chi connectivity index (χ1) is 8.93. The lowest BCUT2D eigenvalue weighted by Crippen LogP contribution is -2.38. The molecule has 1 aromatic carbocycles. The molecular formula is C14H16N2O3. The number of carboxylic acid groups (broad SMARTS) is 1. The summed E-state index contributed by atoms with van der Waals surface area (Å²) in [5, 5.41) is 17.6. The fourth-order valence-corrected chi connectivity index (χ4v) is 1.75. The van der Waals surface area contributed by atoms with Gasteiger partial charge >= 0.3 is 11.9 Å². The smallest absolute Gasteiger partial charge is 0.394 e. The van der Waals surface area contributed by atoms with Crippen LogP contribution in [0.3, 0.4) is 0 Å². The zero-order valence-corrected chi connectivity index (χ0v) is 11.0. The molecule has 5 nitrogen and oxygen atoms in total. The number of carbonyl (C=O) groups excluding carboxylic acids is 1. The van der Waals surface area contributed by atoms with Crippen molar-refractivity contribution in [2.24, 2.45) is 5.92 Å². The lowest BCUT2D eigenvalue weighted by Gasteiger charge is -2.22. The summed E-state index contributed by atoms with van der Waals surface area (Å²) in [5.41, 5.74) is 1.24. The molecule has 0 aliphatic carbocycles. The molecule has 19 heavy (non-hydrogen) atoms. The Balaban J connectivity index is 2.90. The number of benzene rings is 1. The van der Waals surface area contributed by atoms with Crippen molar-refractivity contribution in [1.29, 1.82) is 5.26 Å². The van der Waals surface area contributed by atoms with E-state index in [0.29, 0.717) is 12.1 Å². The van der Waals surface area contributed by atoms with Crippen LogP contribution in [0.4, 0.5) is 0 Å². The first-order valence-corrected chi connectivity index (χ1v) is 5.95. The Morgan fingerprint density at radius 2 is 2.11 bits per heavy atom. The van der Waals surface area contributed by atoms with Crippen molar-refractivity contribution in [2.75, 3.05) is 6.54 Å². The highest BCUT2D eigenvalue weighted by Crippen LogP contribution is 2.10. The Bertz CT molecular complexity index is 518. The van der Waals surface area contributed by atoms with Crippen LogP contribution in [0.2, 0.25) is 0 Å². The summed E-state index contributed by atoms with van der Waals surface area (Å²) in [6.45, 7) is 4.38. The number of aliphatic carboxylic acids is 1. The lowest BCUT2D eigenvalue weighted by atomic mass is 10.1. The molecule has 0 spiro atoms. The van der Waals surface area contributed by atoms with E-state index in [9.17, 15) is 9.59 Å². The third kappa shape index (κ3) is 4.43. The van der Waals surface area contributed by atoms with Crippen molar-refractivity contribution >= 4 is 11.9 Å². The summed E-state index contributed by atoms with van der Waals surface area (Å²) in [7, 11) is 0. The summed E-state index contributed by atoms with van der Waals surface area (Å²) in [6, 6.07) is 8.81. The molecule has 0 radical (unpaired) electrons. The van der Waals surface area contributed by atoms with Crippen LogP contribution >= 0.6 is 0 Å². The van der Waals surface area contributed by atoms with Crippen molar-refractivity contribution in [3.05, 3.63) is 35.4 Å². The lowest BCUT2D eigenvalue weighted by molar-refractivity contribution is -0.156. The van der Waals surface area contributed by atoms with Crippen LogP contribution in [0.5, 0.6) is 0 Å². The number of rotatable bonds is 4. The Morgan fingerprint density at radius 3 is 2.63 bits per heavy atom. The summed E-state index contributed by atoms with van der Waals surface area (Å²) in [5.74, 6) is -2.21. The van der Waals surface area contributed by atoms with E-state index in [4.69, 9.17) is 10.4 Å². The van der Waals surface area contributed by atoms with E-state index in [1.807, 2.05) is 19.9 Å². The third-order valence-electron chi connectivity index (χ3n) is 2.49. The highest BCUT2D eigenvalue weighted by atomic mass is 16.4. The van der Waals surface area contributed by atoms with Crippen LogP contribution in [0.15, 0.2) is 24.3 Å². The Kier molecular flexibility index (Phi) is 5.07. The highest BCUT2D eigenvalue weighted by molar-refractivity contribution is 6.31. The predicted molar refractivity (Wildman–Crippen MR) is 69.0 cm³/mol. The first-order valence-electron chi connectivity index (χ1n) is 5.95. The molecule has 0 fully saturated rings. The van der Waals surface area contributed by atoms with E-state index >= 15 is 0 Å². The number of carboxylic acids is 1. The second-order valence-corrected chi connectivity index (χ2v) is 4.70. The van der Waals surface area contributed by atoms with Crippen LogP contribution < -0.4 is 0 Å². The van der Waals surface area contributed by atoms with Gasteiger partial charge in [0.15, 0.2) is 0 Å². The summed E-state index contributed by atoms with van der Waals surface area (Å²) < 4.78 is 0. The molecule has 1 amide bonds. The molecule has 1 aromatic rings. The zero-order valence-electron chi connectivity index (χ0n) is 11.0. The number of nitrogens with zero attached hydrogens (tertiary/aromatic N) is 2. The van der Waals surface area contributed by atoms with Gasteiger partial charge in [0.25, 0.3) is 0 Å². The van der Waals surface area contributed by atoms with Gasteiger partial charge in [-0.05, 0) is 23.6 Å². The minimum atomic E-state index is -1.46. The molecule has 0 aromatic heterocycles. The van der Waals surface area contributed by atoms with Crippen LogP contribution in [0.1, 0.15) is 25.0 Å². The minimum Gasteiger partial charge on any atom is -0.474 e. The maximum absolute atomic E-state index is 11.6. The van der Waals surface area contributed by atoms with Gasteiger partial charge in [-0.1, -0.05) is 26.0 Å². The predicted octanol–water partition coefficient (Wildman–Crippen LogP) is 1.63. The molecule has 0 heterocycles. The molecule has 0 bridgehead atoms. The average Bonchev–Trinajstić information content (AvgIpc) is 2.36. The van der Waals surface area contributed by atoms with E-state index in [-0.39, 0.29) is 12.5 Å². The van der Waals surface area contributed by atoms with Gasteiger partial charge in [-0.15, -0.1) is 0 Å². The molecule has 5 heteroatoms. The van der Waals surface area contributed by atoms with Crippen molar-refractivity contribution < 1.29 is 14.7 Å². The molecule has 0 saturated carbocycles. The molecule has 0 saturated heterocycles. The van der Waals surface area contributed by atoms with E-state index in [2.05, 4.69) is 0 Å². The van der Waals surface area contributed by atoms with Crippen molar-refractivity contribution in [3.8, 4) is 6.07 Å². The van der Waals surface area contributed by atoms with E-state index in [1.54, 1.807) is 24.3 Å². The van der Waals surface area contributed by atoms with Gasteiger partial charge in [0.2, 0.25) is 0 Å². The standard InChI is InChI=1S/C14H16N2O3/c1-10(2)8-16(13(17)14(18)19)9-12-5-3-4-11(6-12)7-15/h3-6,10H,8-9H2,1-2H3,(H,18,19). The largest absolute Gasteiger partial charge is 0.474 e. The fraction of sp³-hybridized carbons (Fsp3) is 0.357. The number of amides is 1. The van der Waals surface area contributed by atoms with Gasteiger partial charge in [0, 0.05) is 13.1 Å². The minimum absolute atomic E-state index is 0.169. The van der Waals surface area contributed by atoms with Gasteiger partial charge in [-0.2, -0.15) is 5.26 Å². The number of nitriles is 1. The maximum atomic E-state index is 11.6. The third-order valence-corrected chi connectivity index (χ3v) is 2.49. The van der Waals surface area contributed by atoms with Crippen LogP contribution in [0.25, 0.3) is 0 Å². The summed E-state index contributed by atoms with van der Waals surface area (Å²) in [6.07, 6.45) is 0. The monoisotopic (exact) mass is 260 g/mol. The van der Waals surface area contributed by atoms with Crippen LogP contribution in [0, 0.1) is 17.2 Å². The topological polar surface area (TPSA) is 81.4 Å². The van der Waals surface area contributed by atoms with Gasteiger partial charge < -0.3 is 10.0 Å². The van der Waals surface area contributed by atoms with Gasteiger partial charge in [-0.3, -0.25) is 4.79 Å². The summed E-state index contributed by atoms with van der Waals surface area (Å²) in [4.78, 5) is 23.7. The van der Waals surface area contributed by atoms with E-state index in [0.717, 1.165) is 5.56 Å². The molecule has 0 aliphatic heterocycles. The highest BCUT2D eigenvalue weighted by Gasteiger charge is 2.21. The number of hydrogen-bond donors (Lipinski definition) is 1. The number of hydrogen-bond acceptors (Lipinski definition) is 3. The van der Waals surface area contributed by atoms with E-state index in [1.165, 1.54) is 4.90 Å². The van der Waals surface area contributed by atoms with Gasteiger partial charge in [0.1, 0.15) is 0 Å². The van der Waals surface area contributed by atoms with Crippen LogP contribution in [-0.4, -0.2) is 28.4 Å². The molecule has 100 valence electrons. The van der Waals surface area contributed by atoms with Crippen molar-refractivity contribution in [2.45, 2.75) is 20.4 Å². The van der Waals surface area contributed by atoms with Crippen molar-refractivity contribution in [3.63, 3.8) is 0 Å². The second kappa shape index (κ2) is 6.55. The molecule has 0 aliphatic rings.